The maximum absolute atomic E-state index is 10.4. The fraction of sp³-hybridized carbons (Fsp3) is 0.364. The third-order valence-electron chi connectivity index (χ3n) is 2.29. The van der Waals surface area contributed by atoms with Gasteiger partial charge in [-0.2, -0.15) is 0 Å². The summed E-state index contributed by atoms with van der Waals surface area (Å²) in [5.74, 6) is -1.16. The summed E-state index contributed by atoms with van der Waals surface area (Å²) >= 11 is 5.86. The van der Waals surface area contributed by atoms with Crippen molar-refractivity contribution < 1.29 is 20.1 Å². The highest BCUT2D eigenvalue weighted by atomic mass is 35.5. The number of rotatable bonds is 4. The molecule has 0 heterocycles. The predicted octanol–water partition coefficient (Wildman–Crippen LogP) is 1.52. The second-order valence-electron chi connectivity index (χ2n) is 3.62. The molecular weight excluding hydrogens is 232 g/mol. The molecule has 0 amide bonds. The van der Waals surface area contributed by atoms with Crippen molar-refractivity contribution in [3.63, 3.8) is 0 Å². The topological polar surface area (TPSA) is 77.8 Å². The smallest absolute Gasteiger partial charge is 0.306 e. The van der Waals surface area contributed by atoms with Gasteiger partial charge in [-0.3, -0.25) is 4.79 Å². The van der Waals surface area contributed by atoms with Crippen LogP contribution in [0.25, 0.3) is 0 Å². The maximum Gasteiger partial charge on any atom is 0.306 e. The van der Waals surface area contributed by atoms with Crippen LogP contribution < -0.4 is 0 Å². The molecule has 2 atom stereocenters. The molecule has 88 valence electrons. The van der Waals surface area contributed by atoms with Gasteiger partial charge in [-0.05, 0) is 24.1 Å². The third kappa shape index (κ3) is 3.20. The lowest BCUT2D eigenvalue weighted by molar-refractivity contribution is -0.141. The molecule has 4 nitrogen and oxygen atoms in total. The molecule has 1 rings (SSSR count). The van der Waals surface area contributed by atoms with E-state index in [2.05, 4.69) is 0 Å². The average molecular weight is 245 g/mol. The van der Waals surface area contributed by atoms with Gasteiger partial charge >= 0.3 is 5.97 Å². The molecule has 1 aromatic carbocycles. The van der Waals surface area contributed by atoms with Gasteiger partial charge in [-0.25, -0.2) is 0 Å². The molecule has 0 aliphatic heterocycles. The minimum Gasteiger partial charge on any atom is -0.481 e. The van der Waals surface area contributed by atoms with Crippen molar-refractivity contribution in [1.82, 2.24) is 0 Å². The SMILES string of the molecule is Cc1ccc(C(O)C(O)CC(=O)O)cc1Cl. The highest BCUT2D eigenvalue weighted by Gasteiger charge is 2.21. The van der Waals surface area contributed by atoms with E-state index < -0.39 is 24.6 Å². The Labute approximate surface area is 98.1 Å². The molecule has 0 saturated heterocycles. The maximum atomic E-state index is 10.4. The van der Waals surface area contributed by atoms with Crippen molar-refractivity contribution in [2.75, 3.05) is 0 Å². The summed E-state index contributed by atoms with van der Waals surface area (Å²) < 4.78 is 0. The van der Waals surface area contributed by atoms with Crippen LogP contribution in [0.3, 0.4) is 0 Å². The van der Waals surface area contributed by atoms with Gasteiger partial charge in [0.05, 0.1) is 12.5 Å². The summed E-state index contributed by atoms with van der Waals surface area (Å²) in [4.78, 5) is 10.4. The number of benzene rings is 1. The number of hydrogen-bond donors (Lipinski definition) is 3. The lowest BCUT2D eigenvalue weighted by Crippen LogP contribution is -2.21. The Bertz CT molecular complexity index is 392. The van der Waals surface area contributed by atoms with Gasteiger partial charge < -0.3 is 15.3 Å². The van der Waals surface area contributed by atoms with E-state index in [0.29, 0.717) is 10.6 Å². The first-order valence-electron chi connectivity index (χ1n) is 4.75. The molecule has 1 aromatic rings. The van der Waals surface area contributed by atoms with Crippen LogP contribution in [0, 0.1) is 6.92 Å². The second kappa shape index (κ2) is 5.30. The number of halogens is 1. The molecule has 0 bridgehead atoms. The van der Waals surface area contributed by atoms with Gasteiger partial charge in [-0.1, -0.05) is 23.7 Å². The van der Waals surface area contributed by atoms with Gasteiger partial charge in [0.1, 0.15) is 6.10 Å². The molecule has 0 spiro atoms. The molecule has 5 heteroatoms. The lowest BCUT2D eigenvalue weighted by Gasteiger charge is -2.17. The Morgan fingerprint density at radius 2 is 2.06 bits per heavy atom. The average Bonchev–Trinajstić information content (AvgIpc) is 2.20. The monoisotopic (exact) mass is 244 g/mol. The zero-order valence-electron chi connectivity index (χ0n) is 8.72. The Hall–Kier alpha value is -1.10. The molecule has 0 radical (unpaired) electrons. The normalized spacial score (nSPS) is 14.5. The Morgan fingerprint density at radius 1 is 1.44 bits per heavy atom. The number of hydrogen-bond acceptors (Lipinski definition) is 3. The Balaban J connectivity index is 2.83. The number of carbonyl (C=O) groups is 1. The van der Waals surface area contributed by atoms with Crippen molar-refractivity contribution in [2.24, 2.45) is 0 Å². The summed E-state index contributed by atoms with van der Waals surface area (Å²) in [5.41, 5.74) is 1.26. The van der Waals surface area contributed by atoms with Crippen LogP contribution in [-0.2, 0) is 4.79 Å². The Morgan fingerprint density at radius 3 is 2.56 bits per heavy atom. The highest BCUT2D eigenvalue weighted by molar-refractivity contribution is 6.31. The zero-order chi connectivity index (χ0) is 12.3. The van der Waals surface area contributed by atoms with E-state index in [0.717, 1.165) is 5.56 Å². The Kier molecular flexibility index (Phi) is 4.29. The molecule has 0 saturated carbocycles. The first-order valence-corrected chi connectivity index (χ1v) is 5.13. The fourth-order valence-electron chi connectivity index (χ4n) is 1.31. The summed E-state index contributed by atoms with van der Waals surface area (Å²) in [6, 6.07) is 4.83. The molecule has 0 aromatic heterocycles. The number of aryl methyl sites for hydroxylation is 1. The van der Waals surface area contributed by atoms with Crippen LogP contribution in [0.5, 0.6) is 0 Å². The van der Waals surface area contributed by atoms with E-state index in [1.165, 1.54) is 6.07 Å². The van der Waals surface area contributed by atoms with Gasteiger partial charge in [0.2, 0.25) is 0 Å². The quantitative estimate of drug-likeness (QED) is 0.750. The minimum absolute atomic E-state index is 0.407. The van der Waals surface area contributed by atoms with Crippen molar-refractivity contribution in [2.45, 2.75) is 25.6 Å². The van der Waals surface area contributed by atoms with Crippen molar-refractivity contribution in [3.8, 4) is 0 Å². The second-order valence-corrected chi connectivity index (χ2v) is 4.03. The fourth-order valence-corrected chi connectivity index (χ4v) is 1.49. The van der Waals surface area contributed by atoms with E-state index >= 15 is 0 Å². The van der Waals surface area contributed by atoms with E-state index in [1.807, 2.05) is 6.92 Å². The van der Waals surface area contributed by atoms with Gasteiger partial charge in [0.15, 0.2) is 0 Å². The van der Waals surface area contributed by atoms with E-state index in [-0.39, 0.29) is 0 Å². The van der Waals surface area contributed by atoms with Crippen LogP contribution in [-0.4, -0.2) is 27.4 Å². The number of carboxylic acids is 1. The molecular formula is C11H13ClO4. The predicted molar refractivity (Wildman–Crippen MR) is 59.4 cm³/mol. The van der Waals surface area contributed by atoms with Crippen LogP contribution in [0.2, 0.25) is 5.02 Å². The summed E-state index contributed by atoms with van der Waals surface area (Å²) in [5, 5.41) is 28.1. The van der Waals surface area contributed by atoms with Crippen LogP contribution >= 0.6 is 11.6 Å². The zero-order valence-corrected chi connectivity index (χ0v) is 9.48. The van der Waals surface area contributed by atoms with Gasteiger partial charge in [0.25, 0.3) is 0 Å². The van der Waals surface area contributed by atoms with Crippen LogP contribution in [0.1, 0.15) is 23.7 Å². The minimum atomic E-state index is -1.34. The number of aliphatic hydroxyl groups excluding tert-OH is 2. The van der Waals surface area contributed by atoms with Crippen molar-refractivity contribution >= 4 is 17.6 Å². The number of carboxylic acid groups (broad SMARTS) is 1. The first-order chi connectivity index (χ1) is 7.41. The van der Waals surface area contributed by atoms with E-state index in [9.17, 15) is 15.0 Å². The first kappa shape index (κ1) is 13.0. The van der Waals surface area contributed by atoms with Crippen molar-refractivity contribution in [3.05, 3.63) is 34.3 Å². The number of aliphatic hydroxyl groups is 2. The lowest BCUT2D eigenvalue weighted by atomic mass is 10.0. The summed E-state index contributed by atoms with van der Waals surface area (Å²) in [6.07, 6.45) is -3.09. The largest absolute Gasteiger partial charge is 0.481 e. The third-order valence-corrected chi connectivity index (χ3v) is 2.69. The van der Waals surface area contributed by atoms with E-state index in [4.69, 9.17) is 16.7 Å². The molecule has 3 N–H and O–H groups in total. The molecule has 16 heavy (non-hydrogen) atoms. The van der Waals surface area contributed by atoms with Gasteiger partial charge in [-0.15, -0.1) is 0 Å². The van der Waals surface area contributed by atoms with Crippen LogP contribution in [0.4, 0.5) is 0 Å². The highest BCUT2D eigenvalue weighted by Crippen LogP contribution is 2.24. The summed E-state index contributed by atoms with van der Waals surface area (Å²) in [6.45, 7) is 1.81. The van der Waals surface area contributed by atoms with E-state index in [1.54, 1.807) is 12.1 Å². The molecule has 2 unspecified atom stereocenters. The summed E-state index contributed by atoms with van der Waals surface area (Å²) in [7, 11) is 0. The number of aliphatic carboxylic acids is 1. The molecule has 0 aliphatic rings. The van der Waals surface area contributed by atoms with Gasteiger partial charge in [0, 0.05) is 5.02 Å². The van der Waals surface area contributed by atoms with Crippen molar-refractivity contribution in [1.29, 1.82) is 0 Å². The van der Waals surface area contributed by atoms with Crippen LogP contribution in [0.15, 0.2) is 18.2 Å². The molecule has 0 aliphatic carbocycles. The molecule has 0 fully saturated rings. The standard InChI is InChI=1S/C11H13ClO4/c1-6-2-3-7(4-8(6)12)11(16)9(13)5-10(14)15/h2-4,9,11,13,16H,5H2,1H3,(H,14,15).